The highest BCUT2D eigenvalue weighted by Gasteiger charge is 2.32. The molecule has 15 heavy (non-hydrogen) atoms. The van der Waals surface area contributed by atoms with Gasteiger partial charge in [0.25, 0.3) is 0 Å². The Bertz CT molecular complexity index is 325. The monoisotopic (exact) mass is 219 g/mol. The SMILES string of the molecule is CCC(N)Cc1nccc(C(F)(F)F)n1. The van der Waals surface area contributed by atoms with E-state index in [0.717, 1.165) is 12.3 Å². The molecule has 3 nitrogen and oxygen atoms in total. The maximum absolute atomic E-state index is 12.3. The minimum atomic E-state index is -4.42. The molecule has 1 heterocycles. The normalized spacial score (nSPS) is 13.9. The molecule has 1 aromatic rings. The highest BCUT2D eigenvalue weighted by molar-refractivity contribution is 5.06. The van der Waals surface area contributed by atoms with Gasteiger partial charge in [0.15, 0.2) is 0 Å². The van der Waals surface area contributed by atoms with E-state index < -0.39 is 11.9 Å². The number of hydrogen-bond acceptors (Lipinski definition) is 3. The van der Waals surface area contributed by atoms with Gasteiger partial charge in [-0.1, -0.05) is 6.92 Å². The van der Waals surface area contributed by atoms with Crippen molar-refractivity contribution in [2.24, 2.45) is 5.73 Å². The number of hydrogen-bond donors (Lipinski definition) is 1. The molecule has 2 N–H and O–H groups in total. The van der Waals surface area contributed by atoms with Crippen molar-refractivity contribution in [3.8, 4) is 0 Å². The van der Waals surface area contributed by atoms with Gasteiger partial charge in [-0.3, -0.25) is 0 Å². The molecule has 0 aliphatic heterocycles. The van der Waals surface area contributed by atoms with Gasteiger partial charge in [0, 0.05) is 18.7 Å². The van der Waals surface area contributed by atoms with Crippen LogP contribution < -0.4 is 5.73 Å². The second-order valence-electron chi connectivity index (χ2n) is 3.23. The molecule has 0 aliphatic rings. The number of nitrogens with zero attached hydrogens (tertiary/aromatic N) is 2. The minimum Gasteiger partial charge on any atom is -0.327 e. The third kappa shape index (κ3) is 3.47. The summed E-state index contributed by atoms with van der Waals surface area (Å²) in [4.78, 5) is 7.17. The molecule has 0 saturated heterocycles. The molecule has 0 bridgehead atoms. The molecule has 0 spiro atoms. The minimum absolute atomic E-state index is 0.138. The zero-order chi connectivity index (χ0) is 11.5. The summed E-state index contributed by atoms with van der Waals surface area (Å²) in [5, 5.41) is 0. The van der Waals surface area contributed by atoms with Crippen LogP contribution in [0.5, 0.6) is 0 Å². The van der Waals surface area contributed by atoms with Crippen LogP contribution >= 0.6 is 0 Å². The maximum atomic E-state index is 12.3. The first kappa shape index (κ1) is 11.9. The third-order valence-corrected chi connectivity index (χ3v) is 1.97. The molecule has 0 aliphatic carbocycles. The Morgan fingerprint density at radius 2 is 2.13 bits per heavy atom. The van der Waals surface area contributed by atoms with Crippen molar-refractivity contribution in [2.75, 3.05) is 0 Å². The van der Waals surface area contributed by atoms with E-state index in [4.69, 9.17) is 5.73 Å². The summed E-state index contributed by atoms with van der Waals surface area (Å²) >= 11 is 0. The molecule has 1 aromatic heterocycles. The van der Waals surface area contributed by atoms with Crippen molar-refractivity contribution in [1.29, 1.82) is 0 Å². The van der Waals surface area contributed by atoms with Crippen LogP contribution in [0.25, 0.3) is 0 Å². The first-order chi connectivity index (χ1) is 6.93. The third-order valence-electron chi connectivity index (χ3n) is 1.97. The van der Waals surface area contributed by atoms with E-state index in [9.17, 15) is 13.2 Å². The summed E-state index contributed by atoms with van der Waals surface area (Å²) < 4.78 is 36.8. The van der Waals surface area contributed by atoms with Crippen molar-refractivity contribution < 1.29 is 13.2 Å². The fourth-order valence-corrected chi connectivity index (χ4v) is 1.03. The summed E-state index contributed by atoms with van der Waals surface area (Å²) in [6.45, 7) is 1.86. The molecule has 6 heteroatoms. The van der Waals surface area contributed by atoms with Gasteiger partial charge >= 0.3 is 6.18 Å². The quantitative estimate of drug-likeness (QED) is 0.842. The predicted octanol–water partition coefficient (Wildman–Crippen LogP) is 1.78. The summed E-state index contributed by atoms with van der Waals surface area (Å²) in [6, 6.07) is 0.648. The Morgan fingerprint density at radius 3 is 2.67 bits per heavy atom. The topological polar surface area (TPSA) is 51.8 Å². The van der Waals surface area contributed by atoms with Crippen LogP contribution in [0.3, 0.4) is 0 Å². The number of alkyl halides is 3. The molecule has 1 unspecified atom stereocenters. The molecule has 0 aromatic carbocycles. The van der Waals surface area contributed by atoms with E-state index in [0.29, 0.717) is 6.42 Å². The van der Waals surface area contributed by atoms with Gasteiger partial charge in [-0.15, -0.1) is 0 Å². The lowest BCUT2D eigenvalue weighted by atomic mass is 10.1. The molecular formula is C9H12F3N3. The lowest BCUT2D eigenvalue weighted by molar-refractivity contribution is -0.141. The predicted molar refractivity (Wildman–Crippen MR) is 49.0 cm³/mol. The van der Waals surface area contributed by atoms with Crippen LogP contribution in [0.4, 0.5) is 13.2 Å². The lowest BCUT2D eigenvalue weighted by Gasteiger charge is -2.09. The molecule has 0 radical (unpaired) electrons. The van der Waals surface area contributed by atoms with Gasteiger partial charge in [-0.2, -0.15) is 13.2 Å². The van der Waals surface area contributed by atoms with Crippen molar-refractivity contribution in [3.05, 3.63) is 23.8 Å². The standard InChI is InChI=1S/C9H12F3N3/c1-2-6(13)5-8-14-4-3-7(15-8)9(10,11)12/h3-4,6H,2,5,13H2,1H3. The van der Waals surface area contributed by atoms with E-state index in [1.54, 1.807) is 0 Å². The van der Waals surface area contributed by atoms with E-state index in [1.807, 2.05) is 6.92 Å². The van der Waals surface area contributed by atoms with Crippen LogP contribution in [0, 0.1) is 0 Å². The van der Waals surface area contributed by atoms with Crippen molar-refractivity contribution >= 4 is 0 Å². The summed E-state index contributed by atoms with van der Waals surface area (Å²) in [5.74, 6) is 0.138. The van der Waals surface area contributed by atoms with Gasteiger partial charge in [-0.05, 0) is 12.5 Å². The second-order valence-corrected chi connectivity index (χ2v) is 3.23. The van der Waals surface area contributed by atoms with Crippen LogP contribution in [0.1, 0.15) is 24.9 Å². The number of rotatable bonds is 3. The maximum Gasteiger partial charge on any atom is 0.433 e. The summed E-state index contributed by atoms with van der Waals surface area (Å²) in [5.41, 5.74) is 4.68. The van der Waals surface area contributed by atoms with Crippen LogP contribution in [-0.2, 0) is 12.6 Å². The van der Waals surface area contributed by atoms with Gasteiger partial charge in [0.2, 0.25) is 0 Å². The highest BCUT2D eigenvalue weighted by Crippen LogP contribution is 2.26. The van der Waals surface area contributed by atoms with Gasteiger partial charge in [0.1, 0.15) is 11.5 Å². The summed E-state index contributed by atoms with van der Waals surface area (Å²) in [6.07, 6.45) is -2.37. The van der Waals surface area contributed by atoms with Crippen molar-refractivity contribution in [3.63, 3.8) is 0 Å². The second kappa shape index (κ2) is 4.57. The molecule has 0 fully saturated rings. The largest absolute Gasteiger partial charge is 0.433 e. The van der Waals surface area contributed by atoms with Gasteiger partial charge in [-0.25, -0.2) is 9.97 Å². The van der Waals surface area contributed by atoms with Gasteiger partial charge in [0.05, 0.1) is 0 Å². The molecule has 1 rings (SSSR count). The Balaban J connectivity index is 2.84. The molecule has 0 amide bonds. The van der Waals surface area contributed by atoms with Crippen molar-refractivity contribution in [1.82, 2.24) is 9.97 Å². The average Bonchev–Trinajstić information content (AvgIpc) is 2.17. The van der Waals surface area contributed by atoms with Crippen LogP contribution in [-0.4, -0.2) is 16.0 Å². The first-order valence-corrected chi connectivity index (χ1v) is 4.58. The molecular weight excluding hydrogens is 207 g/mol. The zero-order valence-electron chi connectivity index (χ0n) is 8.25. The smallest absolute Gasteiger partial charge is 0.327 e. The number of halogens is 3. The van der Waals surface area contributed by atoms with E-state index in [1.165, 1.54) is 0 Å². The summed E-state index contributed by atoms with van der Waals surface area (Å²) in [7, 11) is 0. The van der Waals surface area contributed by atoms with Crippen LogP contribution in [0.15, 0.2) is 12.3 Å². The highest BCUT2D eigenvalue weighted by atomic mass is 19.4. The van der Waals surface area contributed by atoms with Crippen LogP contribution in [0.2, 0.25) is 0 Å². The average molecular weight is 219 g/mol. The van der Waals surface area contributed by atoms with E-state index >= 15 is 0 Å². The Labute approximate surface area is 85.5 Å². The number of nitrogens with two attached hydrogens (primary N) is 1. The van der Waals surface area contributed by atoms with Gasteiger partial charge < -0.3 is 5.73 Å². The molecule has 84 valence electrons. The fraction of sp³-hybridized carbons (Fsp3) is 0.556. The Morgan fingerprint density at radius 1 is 1.47 bits per heavy atom. The first-order valence-electron chi connectivity index (χ1n) is 4.58. The van der Waals surface area contributed by atoms with E-state index in [-0.39, 0.29) is 18.3 Å². The lowest BCUT2D eigenvalue weighted by Crippen LogP contribution is -2.23. The van der Waals surface area contributed by atoms with Crippen molar-refractivity contribution in [2.45, 2.75) is 32.0 Å². The number of aromatic nitrogens is 2. The molecule has 1 atom stereocenters. The Kier molecular flexibility index (Phi) is 3.62. The Hall–Kier alpha value is -1.17. The molecule has 0 saturated carbocycles. The fourth-order valence-electron chi connectivity index (χ4n) is 1.03. The zero-order valence-corrected chi connectivity index (χ0v) is 8.25. The van der Waals surface area contributed by atoms with E-state index in [2.05, 4.69) is 9.97 Å².